The number of phenolic OH excluding ortho intramolecular Hbond substituents is 2. The molecule has 0 aliphatic heterocycles. The van der Waals surface area contributed by atoms with Gasteiger partial charge in [0.05, 0.1) is 9.79 Å². The van der Waals surface area contributed by atoms with E-state index in [1.165, 1.54) is 36.4 Å². The summed E-state index contributed by atoms with van der Waals surface area (Å²) in [6.45, 7) is 5.91. The molecule has 6 aromatic carbocycles. The van der Waals surface area contributed by atoms with E-state index >= 15 is 0 Å². The van der Waals surface area contributed by atoms with E-state index in [1.807, 2.05) is 48.5 Å². The summed E-state index contributed by atoms with van der Waals surface area (Å²) in [5.41, 5.74) is 6.39. The summed E-state index contributed by atoms with van der Waals surface area (Å²) in [4.78, 5) is 8.88. The Morgan fingerprint density at radius 1 is 0.529 bits per heavy atom. The fourth-order valence-electron chi connectivity index (χ4n) is 6.96. The van der Waals surface area contributed by atoms with Crippen LogP contribution >= 0.6 is 0 Å². The molecule has 2 aromatic heterocycles. The number of benzene rings is 6. The molecule has 8 aromatic rings. The Labute approximate surface area is 294 Å². The maximum absolute atomic E-state index is 13.8. The third kappa shape index (κ3) is 5.52. The van der Waals surface area contributed by atoms with Gasteiger partial charge in [-0.25, -0.2) is 8.42 Å². The molecule has 0 amide bonds. The first-order valence-electron chi connectivity index (χ1n) is 16.8. The van der Waals surface area contributed by atoms with Crippen LogP contribution in [0.1, 0.15) is 25.0 Å². The molecule has 0 fully saturated rings. The van der Waals surface area contributed by atoms with Crippen molar-refractivity contribution >= 4 is 77.3 Å². The number of aromatic nitrogens is 2. The van der Waals surface area contributed by atoms with Gasteiger partial charge in [0, 0.05) is 69.1 Å². The van der Waals surface area contributed by atoms with Gasteiger partial charge >= 0.3 is 0 Å². The van der Waals surface area contributed by atoms with Crippen LogP contribution in [0.5, 0.6) is 11.5 Å². The Hall–Kier alpha value is -6.19. The number of sulfone groups is 1. The molecular weight excluding hydrogens is 657 g/mol. The van der Waals surface area contributed by atoms with Gasteiger partial charge in [0.15, 0.2) is 0 Å². The monoisotopic (exact) mass is 690 g/mol. The topological polar surface area (TPSA) is 109 Å². The Bertz CT molecular complexity index is 2640. The number of aliphatic imine (C=N–C) groups is 2. The number of aromatic hydroxyl groups is 2. The number of aryl methyl sites for hydroxylation is 2. The van der Waals surface area contributed by atoms with E-state index in [0.29, 0.717) is 0 Å². The maximum Gasteiger partial charge on any atom is 0.206 e. The van der Waals surface area contributed by atoms with Gasteiger partial charge in [0.25, 0.3) is 0 Å². The van der Waals surface area contributed by atoms with Gasteiger partial charge in [-0.1, -0.05) is 48.5 Å². The Morgan fingerprint density at radius 2 is 0.941 bits per heavy atom. The van der Waals surface area contributed by atoms with E-state index in [0.717, 1.165) is 67.8 Å². The van der Waals surface area contributed by atoms with Gasteiger partial charge in [-0.15, -0.1) is 0 Å². The zero-order valence-electron chi connectivity index (χ0n) is 28.0. The van der Waals surface area contributed by atoms with Crippen molar-refractivity contribution in [3.05, 3.63) is 132 Å². The first-order valence-corrected chi connectivity index (χ1v) is 18.3. The molecule has 8 rings (SSSR count). The summed E-state index contributed by atoms with van der Waals surface area (Å²) in [7, 11) is -4.07. The maximum atomic E-state index is 13.8. The highest BCUT2D eigenvalue weighted by Crippen LogP contribution is 2.36. The minimum atomic E-state index is -4.07. The third-order valence-electron chi connectivity index (χ3n) is 9.45. The molecule has 0 saturated carbocycles. The fraction of sp³-hybridized carbons (Fsp3) is 0.0952. The minimum Gasteiger partial charge on any atom is -0.506 e. The summed E-state index contributed by atoms with van der Waals surface area (Å²) < 4.78 is 32.2. The number of phenols is 2. The van der Waals surface area contributed by atoms with E-state index in [2.05, 4.69) is 69.4 Å². The van der Waals surface area contributed by atoms with Crippen LogP contribution in [0, 0.1) is 0 Å². The molecule has 9 heteroatoms. The molecule has 252 valence electrons. The highest BCUT2D eigenvalue weighted by atomic mass is 32.2. The van der Waals surface area contributed by atoms with E-state index in [-0.39, 0.29) is 32.7 Å². The van der Waals surface area contributed by atoms with Crippen molar-refractivity contribution in [1.82, 2.24) is 9.13 Å². The molecule has 0 aliphatic rings. The number of hydrogen-bond acceptors (Lipinski definition) is 6. The molecule has 2 heterocycles. The SMILES string of the molecule is CCn1c2ccccc2c2cc(C=Nc3cc(S(=O)(=O)c4ccc(O)c(N=Cc5ccc6c(c5)c5ccccc5n6CC)c4)ccc3O)ccc21. The van der Waals surface area contributed by atoms with Crippen LogP contribution in [0.4, 0.5) is 11.4 Å². The third-order valence-corrected chi connectivity index (χ3v) is 11.2. The molecule has 0 aliphatic carbocycles. The molecule has 0 saturated heterocycles. The van der Waals surface area contributed by atoms with Crippen molar-refractivity contribution in [2.45, 2.75) is 36.7 Å². The standard InChI is InChI=1S/C42H34N4O4S/c1-3-45-37-11-7-5-9-31(37)33-21-27(13-17-39(33)45)25-43-35-23-29(15-19-41(35)47)51(49,50)30-16-20-42(48)36(24-30)44-26-28-14-18-40-34(22-28)32-10-6-8-12-38(32)46(40)4-2/h5-26,47-48H,3-4H2,1-2H3. The normalized spacial score (nSPS) is 12.4. The molecule has 0 spiro atoms. The first-order chi connectivity index (χ1) is 24.8. The van der Waals surface area contributed by atoms with E-state index in [4.69, 9.17) is 0 Å². The molecule has 0 unspecified atom stereocenters. The van der Waals surface area contributed by atoms with Crippen molar-refractivity contribution in [1.29, 1.82) is 0 Å². The van der Waals surface area contributed by atoms with E-state index in [9.17, 15) is 18.6 Å². The van der Waals surface area contributed by atoms with Gasteiger partial charge in [0.2, 0.25) is 9.84 Å². The smallest absolute Gasteiger partial charge is 0.206 e. The predicted molar refractivity (Wildman–Crippen MR) is 206 cm³/mol. The lowest BCUT2D eigenvalue weighted by molar-refractivity contribution is 0.476. The zero-order chi connectivity index (χ0) is 35.3. The van der Waals surface area contributed by atoms with Gasteiger partial charge in [-0.2, -0.15) is 0 Å². The minimum absolute atomic E-state index is 0.0488. The van der Waals surface area contributed by atoms with Crippen molar-refractivity contribution in [2.75, 3.05) is 0 Å². The zero-order valence-corrected chi connectivity index (χ0v) is 28.8. The second-order valence-corrected chi connectivity index (χ2v) is 14.3. The van der Waals surface area contributed by atoms with Crippen LogP contribution in [0.15, 0.2) is 141 Å². The number of rotatable bonds is 8. The highest BCUT2D eigenvalue weighted by Gasteiger charge is 2.21. The second-order valence-electron chi connectivity index (χ2n) is 12.4. The molecule has 0 bridgehead atoms. The number of para-hydroxylation sites is 2. The molecule has 0 atom stereocenters. The van der Waals surface area contributed by atoms with Crippen LogP contribution < -0.4 is 0 Å². The summed E-state index contributed by atoms with van der Waals surface area (Å²) in [5.74, 6) is -0.298. The lowest BCUT2D eigenvalue weighted by Gasteiger charge is -2.08. The Kier molecular flexibility index (Phi) is 7.92. The molecular formula is C42H34N4O4S. The van der Waals surface area contributed by atoms with Crippen molar-refractivity contribution in [3.63, 3.8) is 0 Å². The summed E-state index contributed by atoms with van der Waals surface area (Å²) in [5, 5.41) is 25.7. The van der Waals surface area contributed by atoms with Gasteiger partial charge in [-0.05, 0) is 97.8 Å². The fourth-order valence-corrected chi connectivity index (χ4v) is 8.26. The predicted octanol–water partition coefficient (Wildman–Crippen LogP) is 9.69. The Morgan fingerprint density at radius 3 is 1.37 bits per heavy atom. The molecule has 2 N–H and O–H groups in total. The number of fused-ring (bicyclic) bond motifs is 6. The highest BCUT2D eigenvalue weighted by molar-refractivity contribution is 7.91. The lowest BCUT2D eigenvalue weighted by Crippen LogP contribution is -2.01. The van der Waals surface area contributed by atoms with Crippen molar-refractivity contribution < 1.29 is 18.6 Å². The average Bonchev–Trinajstić information content (AvgIpc) is 3.65. The molecule has 8 nitrogen and oxygen atoms in total. The quantitative estimate of drug-likeness (QED) is 0.155. The van der Waals surface area contributed by atoms with Gasteiger partial charge < -0.3 is 19.3 Å². The van der Waals surface area contributed by atoms with E-state index in [1.54, 1.807) is 12.4 Å². The summed E-state index contributed by atoms with van der Waals surface area (Å²) in [6, 6.07) is 36.6. The lowest BCUT2D eigenvalue weighted by atomic mass is 10.1. The van der Waals surface area contributed by atoms with E-state index < -0.39 is 9.84 Å². The summed E-state index contributed by atoms with van der Waals surface area (Å²) >= 11 is 0. The van der Waals surface area contributed by atoms with Crippen LogP contribution in [-0.4, -0.2) is 40.2 Å². The Balaban J connectivity index is 1.09. The van der Waals surface area contributed by atoms with Crippen LogP contribution in [-0.2, 0) is 22.9 Å². The van der Waals surface area contributed by atoms with Crippen molar-refractivity contribution in [2.24, 2.45) is 9.98 Å². The largest absolute Gasteiger partial charge is 0.506 e. The van der Waals surface area contributed by atoms with Gasteiger partial charge in [0.1, 0.15) is 22.9 Å². The van der Waals surface area contributed by atoms with Crippen LogP contribution in [0.3, 0.4) is 0 Å². The number of nitrogens with zero attached hydrogens (tertiary/aromatic N) is 4. The average molecular weight is 691 g/mol. The molecule has 0 radical (unpaired) electrons. The second kappa shape index (κ2) is 12.6. The van der Waals surface area contributed by atoms with Crippen molar-refractivity contribution in [3.8, 4) is 11.5 Å². The molecule has 51 heavy (non-hydrogen) atoms. The van der Waals surface area contributed by atoms with Gasteiger partial charge in [-0.3, -0.25) is 9.98 Å². The van der Waals surface area contributed by atoms with Crippen LogP contribution in [0.2, 0.25) is 0 Å². The summed E-state index contributed by atoms with van der Waals surface area (Å²) in [6.07, 6.45) is 3.24. The first kappa shape index (κ1) is 32.0. The number of hydrogen-bond donors (Lipinski definition) is 2. The van der Waals surface area contributed by atoms with Crippen LogP contribution in [0.25, 0.3) is 43.6 Å².